The zero-order valence-corrected chi connectivity index (χ0v) is 12.4. The number of nitrogens with two attached hydrogens (primary N) is 1. The van der Waals surface area contributed by atoms with Gasteiger partial charge < -0.3 is 5.73 Å². The molecule has 0 unspecified atom stereocenters. The molecule has 0 fully saturated rings. The fraction of sp³-hybridized carbons (Fsp3) is 0.118. The number of halogens is 2. The van der Waals surface area contributed by atoms with Crippen molar-refractivity contribution in [3.63, 3.8) is 0 Å². The molecule has 1 amide bonds. The van der Waals surface area contributed by atoms with Crippen molar-refractivity contribution in [1.82, 2.24) is 0 Å². The zero-order chi connectivity index (χ0) is 15.7. The third-order valence-corrected chi connectivity index (χ3v) is 4.44. The van der Waals surface area contributed by atoms with Crippen LogP contribution in [0.1, 0.15) is 17.5 Å². The average molecular weight is 317 g/mol. The van der Waals surface area contributed by atoms with E-state index in [0.29, 0.717) is 28.2 Å². The summed E-state index contributed by atoms with van der Waals surface area (Å²) in [7, 11) is 0. The summed E-state index contributed by atoms with van der Waals surface area (Å²) in [4.78, 5) is 12.8. The first kappa shape index (κ1) is 14.8. The Labute approximate surface area is 131 Å². The molecule has 5 heteroatoms. The molecule has 1 aliphatic rings. The number of carbonyl (C=O) groups is 1. The van der Waals surface area contributed by atoms with E-state index >= 15 is 0 Å². The van der Waals surface area contributed by atoms with Gasteiger partial charge in [-0.25, -0.2) is 8.78 Å². The number of allylic oxidation sites excluding steroid dienone is 1. The third kappa shape index (κ3) is 2.90. The Kier molecular flexibility index (Phi) is 3.98. The van der Waals surface area contributed by atoms with Crippen molar-refractivity contribution in [2.45, 2.75) is 22.6 Å². The van der Waals surface area contributed by atoms with Crippen LogP contribution in [0.4, 0.5) is 8.78 Å². The predicted octanol–water partition coefficient (Wildman–Crippen LogP) is 3.93. The van der Waals surface area contributed by atoms with Crippen molar-refractivity contribution in [2.24, 2.45) is 5.73 Å². The molecule has 3 rings (SSSR count). The summed E-state index contributed by atoms with van der Waals surface area (Å²) in [6.07, 6.45) is 2.98. The van der Waals surface area contributed by atoms with Crippen LogP contribution < -0.4 is 5.73 Å². The first-order valence-corrected chi connectivity index (χ1v) is 7.62. The Hall–Kier alpha value is -2.14. The maximum atomic E-state index is 14.4. The van der Waals surface area contributed by atoms with E-state index in [1.807, 2.05) is 6.07 Å². The van der Waals surface area contributed by atoms with E-state index in [1.165, 1.54) is 30.0 Å². The monoisotopic (exact) mass is 317 g/mol. The molecule has 0 spiro atoms. The fourth-order valence-electron chi connectivity index (χ4n) is 2.56. The second kappa shape index (κ2) is 5.93. The summed E-state index contributed by atoms with van der Waals surface area (Å²) >= 11 is 1.28. The van der Waals surface area contributed by atoms with Crippen LogP contribution in [0.5, 0.6) is 0 Å². The Balaban J connectivity index is 1.98. The molecule has 2 aromatic carbocycles. The molecule has 0 bridgehead atoms. The van der Waals surface area contributed by atoms with E-state index in [9.17, 15) is 13.6 Å². The van der Waals surface area contributed by atoms with E-state index < -0.39 is 11.7 Å². The van der Waals surface area contributed by atoms with E-state index in [0.717, 1.165) is 5.56 Å². The third-order valence-electron chi connectivity index (χ3n) is 3.47. The number of hydrogen-bond acceptors (Lipinski definition) is 2. The average Bonchev–Trinajstić information content (AvgIpc) is 2.46. The minimum atomic E-state index is -0.620. The number of primary amides is 1. The van der Waals surface area contributed by atoms with Gasteiger partial charge in [-0.2, -0.15) is 0 Å². The van der Waals surface area contributed by atoms with E-state index in [2.05, 4.69) is 0 Å². The lowest BCUT2D eigenvalue weighted by molar-refractivity contribution is -0.112. The number of carbonyl (C=O) groups excluding carboxylic acids is 1. The molecule has 2 N–H and O–H groups in total. The summed E-state index contributed by atoms with van der Waals surface area (Å²) in [6.45, 7) is 0. The molecule has 2 aromatic rings. The van der Waals surface area contributed by atoms with Gasteiger partial charge in [-0.15, -0.1) is 0 Å². The number of benzene rings is 2. The Bertz CT molecular complexity index is 786. The van der Waals surface area contributed by atoms with Crippen molar-refractivity contribution >= 4 is 23.2 Å². The van der Waals surface area contributed by atoms with Crippen LogP contribution in [0.25, 0.3) is 5.57 Å². The highest BCUT2D eigenvalue weighted by molar-refractivity contribution is 7.99. The highest BCUT2D eigenvalue weighted by Gasteiger charge is 2.21. The lowest BCUT2D eigenvalue weighted by atomic mass is 9.90. The van der Waals surface area contributed by atoms with Gasteiger partial charge in [-0.1, -0.05) is 23.9 Å². The lowest BCUT2D eigenvalue weighted by Gasteiger charge is -2.17. The predicted molar refractivity (Wildman–Crippen MR) is 82.4 cm³/mol. The molecule has 0 aliphatic heterocycles. The normalized spacial score (nSPS) is 13.5. The molecule has 112 valence electrons. The number of rotatable bonds is 3. The fourth-order valence-corrected chi connectivity index (χ4v) is 3.51. The molecule has 2 nitrogen and oxygen atoms in total. The smallest absolute Gasteiger partial charge is 0.249 e. The highest BCUT2D eigenvalue weighted by atomic mass is 32.2. The first-order valence-electron chi connectivity index (χ1n) is 6.81. The quantitative estimate of drug-likeness (QED) is 0.932. The molecule has 0 saturated heterocycles. The summed E-state index contributed by atoms with van der Waals surface area (Å²) < 4.78 is 27.6. The van der Waals surface area contributed by atoms with E-state index in [-0.39, 0.29) is 11.4 Å². The summed E-state index contributed by atoms with van der Waals surface area (Å²) in [5, 5.41) is 0. The minimum Gasteiger partial charge on any atom is -0.366 e. The van der Waals surface area contributed by atoms with Crippen LogP contribution in [0, 0.1) is 11.6 Å². The number of hydrogen-bond donors (Lipinski definition) is 1. The molecule has 0 saturated carbocycles. The largest absolute Gasteiger partial charge is 0.366 e. The maximum Gasteiger partial charge on any atom is 0.249 e. The zero-order valence-electron chi connectivity index (χ0n) is 11.6. The van der Waals surface area contributed by atoms with Crippen LogP contribution in [-0.4, -0.2) is 5.91 Å². The van der Waals surface area contributed by atoms with Crippen LogP contribution in [0.2, 0.25) is 0 Å². The molecule has 0 radical (unpaired) electrons. The molecular formula is C17H13F2NOS. The molecule has 0 aromatic heterocycles. The van der Waals surface area contributed by atoms with Crippen LogP contribution in [-0.2, 0) is 11.2 Å². The Morgan fingerprint density at radius 1 is 1.14 bits per heavy atom. The van der Waals surface area contributed by atoms with Gasteiger partial charge in [0.25, 0.3) is 0 Å². The van der Waals surface area contributed by atoms with Gasteiger partial charge in [0.1, 0.15) is 11.6 Å². The number of aryl methyl sites for hydroxylation is 1. The second-order valence-electron chi connectivity index (χ2n) is 5.02. The topological polar surface area (TPSA) is 43.1 Å². The Morgan fingerprint density at radius 2 is 1.95 bits per heavy atom. The standard InChI is InChI=1S/C17H13F2NOS/c18-11-4-2-5-12(8-11)22-13-7-10-3-1-6-14(17(20)21)16(10)15(19)9-13/h2,4-9H,1,3H2,(H2,20,21). The van der Waals surface area contributed by atoms with Crippen molar-refractivity contribution in [3.05, 3.63) is 65.2 Å². The lowest BCUT2D eigenvalue weighted by Crippen LogP contribution is -2.17. The SMILES string of the molecule is NC(=O)C1=CCCc2cc(Sc3cccc(F)c3)cc(F)c21. The summed E-state index contributed by atoms with van der Waals surface area (Å²) in [5.41, 5.74) is 6.60. The summed E-state index contributed by atoms with van der Waals surface area (Å²) in [6, 6.07) is 9.33. The number of fused-ring (bicyclic) bond motifs is 1. The number of amides is 1. The van der Waals surface area contributed by atoms with Gasteiger partial charge >= 0.3 is 0 Å². The molecule has 0 heterocycles. The van der Waals surface area contributed by atoms with Crippen LogP contribution in [0.15, 0.2) is 52.3 Å². The first-order chi connectivity index (χ1) is 10.5. The molecule has 22 heavy (non-hydrogen) atoms. The maximum absolute atomic E-state index is 14.4. The van der Waals surface area contributed by atoms with E-state index in [4.69, 9.17) is 5.73 Å². The van der Waals surface area contributed by atoms with Gasteiger partial charge in [0.15, 0.2) is 0 Å². The van der Waals surface area contributed by atoms with E-state index in [1.54, 1.807) is 18.2 Å². The van der Waals surface area contributed by atoms with Gasteiger partial charge in [0.2, 0.25) is 5.91 Å². The summed E-state index contributed by atoms with van der Waals surface area (Å²) in [5.74, 6) is -1.42. The van der Waals surface area contributed by atoms with Crippen LogP contribution >= 0.6 is 11.8 Å². The van der Waals surface area contributed by atoms with Crippen molar-refractivity contribution in [3.8, 4) is 0 Å². The van der Waals surface area contributed by atoms with Crippen molar-refractivity contribution in [1.29, 1.82) is 0 Å². The van der Waals surface area contributed by atoms with Crippen molar-refractivity contribution < 1.29 is 13.6 Å². The van der Waals surface area contributed by atoms with Gasteiger partial charge in [0, 0.05) is 20.9 Å². The minimum absolute atomic E-state index is 0.237. The van der Waals surface area contributed by atoms with Crippen LogP contribution in [0.3, 0.4) is 0 Å². The molecule has 1 aliphatic carbocycles. The van der Waals surface area contributed by atoms with Crippen molar-refractivity contribution in [2.75, 3.05) is 0 Å². The highest BCUT2D eigenvalue weighted by Crippen LogP contribution is 2.35. The Morgan fingerprint density at radius 3 is 2.68 bits per heavy atom. The molecule has 0 atom stereocenters. The van der Waals surface area contributed by atoms with Gasteiger partial charge in [-0.05, 0) is 48.7 Å². The van der Waals surface area contributed by atoms with Gasteiger partial charge in [0.05, 0.1) is 0 Å². The molecular weight excluding hydrogens is 304 g/mol. The van der Waals surface area contributed by atoms with Gasteiger partial charge in [-0.3, -0.25) is 4.79 Å². The second-order valence-corrected chi connectivity index (χ2v) is 6.17.